The van der Waals surface area contributed by atoms with E-state index < -0.39 is 22.2 Å². The minimum atomic E-state index is -2.13. The van der Waals surface area contributed by atoms with E-state index in [-0.39, 0.29) is 5.04 Å². The van der Waals surface area contributed by atoms with Crippen LogP contribution in [-0.4, -0.2) is 28.8 Å². The van der Waals surface area contributed by atoms with Gasteiger partial charge in [-0.3, -0.25) is 0 Å². The van der Waals surface area contributed by atoms with Crippen LogP contribution < -0.4 is 0 Å². The van der Waals surface area contributed by atoms with E-state index in [2.05, 4.69) is 99.1 Å². The van der Waals surface area contributed by atoms with Crippen LogP contribution in [0.1, 0.15) is 75.7 Å². The van der Waals surface area contributed by atoms with Crippen LogP contribution >= 0.6 is 0 Å². The summed E-state index contributed by atoms with van der Waals surface area (Å²) >= 11 is 0. The molecule has 0 saturated carbocycles. The minimum Gasteiger partial charge on any atom is -0.518 e. The second-order valence-electron chi connectivity index (χ2n) is 11.8. The van der Waals surface area contributed by atoms with Gasteiger partial charge in [0.2, 0.25) is 0 Å². The zero-order valence-electron chi connectivity index (χ0n) is 23.8. The molecule has 3 nitrogen and oxygen atoms in total. The van der Waals surface area contributed by atoms with E-state index in [1.165, 1.54) is 0 Å². The Balaban J connectivity index is 3.30. The second kappa shape index (κ2) is 12.3. The maximum Gasteiger partial charge on any atom is 0.262 e. The largest absolute Gasteiger partial charge is 0.518 e. The van der Waals surface area contributed by atoms with Crippen molar-refractivity contribution in [2.75, 3.05) is 6.61 Å². The van der Waals surface area contributed by atoms with Crippen LogP contribution in [-0.2, 0) is 13.6 Å². The Hall–Kier alpha value is -1.67. The maximum atomic E-state index is 6.81. The van der Waals surface area contributed by atoms with Crippen molar-refractivity contribution in [1.29, 1.82) is 0 Å². The summed E-state index contributed by atoms with van der Waals surface area (Å²) in [6.45, 7) is 27.3. The molecule has 0 aliphatic carbocycles. The molecule has 1 unspecified atom stereocenters. The Morgan fingerprint density at radius 2 is 1.53 bits per heavy atom. The van der Waals surface area contributed by atoms with Crippen LogP contribution in [0.4, 0.5) is 0 Å². The molecule has 0 aromatic carbocycles. The maximum absolute atomic E-state index is 6.81. The SMILES string of the molecule is CC(C)[Si](O/C1=C/CC#C/C=C\C#CC(C)(O[Si](C)(C)C(C)(C)C)/C=C/CO1)(C(C)C)C(C)C. The smallest absolute Gasteiger partial charge is 0.262 e. The lowest BCUT2D eigenvalue weighted by Gasteiger charge is -2.42. The monoisotopic (exact) mass is 500 g/mol. The van der Waals surface area contributed by atoms with Gasteiger partial charge in [-0.1, -0.05) is 86.0 Å². The van der Waals surface area contributed by atoms with Crippen LogP contribution in [0.3, 0.4) is 0 Å². The first kappa shape index (κ1) is 30.4. The number of hydrogen-bond donors (Lipinski definition) is 0. The van der Waals surface area contributed by atoms with E-state index in [1.54, 1.807) is 12.2 Å². The molecule has 0 N–H and O–H groups in total. The lowest BCUT2D eigenvalue weighted by atomic mass is 10.1. The van der Waals surface area contributed by atoms with Crippen molar-refractivity contribution < 1.29 is 13.6 Å². The predicted octanol–water partition coefficient (Wildman–Crippen LogP) is 8.34. The van der Waals surface area contributed by atoms with Crippen molar-refractivity contribution in [2.24, 2.45) is 0 Å². The van der Waals surface area contributed by atoms with E-state index in [4.69, 9.17) is 13.6 Å². The van der Waals surface area contributed by atoms with E-state index >= 15 is 0 Å². The quantitative estimate of drug-likeness (QED) is 0.200. The Kier molecular flexibility index (Phi) is 11.0. The number of ether oxygens (including phenoxy) is 1. The summed E-state index contributed by atoms with van der Waals surface area (Å²) < 4.78 is 19.7. The van der Waals surface area contributed by atoms with E-state index in [9.17, 15) is 0 Å². The molecule has 0 saturated heterocycles. The van der Waals surface area contributed by atoms with Crippen LogP contribution in [0.25, 0.3) is 0 Å². The number of hydrogen-bond acceptors (Lipinski definition) is 3. The third-order valence-corrected chi connectivity index (χ3v) is 17.6. The van der Waals surface area contributed by atoms with Gasteiger partial charge in [0.05, 0.1) is 0 Å². The van der Waals surface area contributed by atoms with Gasteiger partial charge in [-0.25, -0.2) is 0 Å². The molecule has 0 radical (unpaired) electrons. The molecular formula is C29H48O3Si2. The Labute approximate surface area is 212 Å². The molecule has 0 aromatic heterocycles. The average molecular weight is 501 g/mol. The third-order valence-electron chi connectivity index (χ3n) is 7.06. The molecular weight excluding hydrogens is 452 g/mol. The first-order chi connectivity index (χ1) is 15.6. The van der Waals surface area contributed by atoms with Crippen molar-refractivity contribution in [3.05, 3.63) is 36.3 Å². The van der Waals surface area contributed by atoms with Crippen LogP contribution in [0.15, 0.2) is 36.3 Å². The van der Waals surface area contributed by atoms with Gasteiger partial charge in [-0.2, -0.15) is 0 Å². The standard InChI is InChI=1S/C29H48O3Si2/c1-24(2)34(25(3)4,26(5)6)31-27-20-17-15-13-14-16-18-21-29(10,22-19-23-30-27)32-33(11,12)28(7,8)9/h14,16,19-20,22,24-26H,17,23H2,1-12H3/b16-14-,22-19+,27-20+. The molecule has 5 heteroatoms. The number of allylic oxidation sites excluding steroid dienone is 3. The first-order valence-electron chi connectivity index (χ1n) is 12.6. The van der Waals surface area contributed by atoms with Crippen molar-refractivity contribution in [3.8, 4) is 23.7 Å². The van der Waals surface area contributed by atoms with Crippen molar-refractivity contribution in [2.45, 2.75) is 116 Å². The normalized spacial score (nSPS) is 23.6. The zero-order valence-corrected chi connectivity index (χ0v) is 25.8. The Bertz CT molecular complexity index is 859. The van der Waals surface area contributed by atoms with Gasteiger partial charge in [0, 0.05) is 12.5 Å². The summed E-state index contributed by atoms with van der Waals surface area (Å²) in [6.07, 6.45) is 10.2. The molecule has 0 bridgehead atoms. The molecule has 1 atom stereocenters. The molecule has 1 rings (SSSR count). The topological polar surface area (TPSA) is 27.7 Å². The van der Waals surface area contributed by atoms with Crippen molar-refractivity contribution >= 4 is 16.6 Å². The van der Waals surface area contributed by atoms with Crippen LogP contribution in [0.5, 0.6) is 0 Å². The van der Waals surface area contributed by atoms with Gasteiger partial charge in [0.25, 0.3) is 14.3 Å². The molecule has 0 amide bonds. The minimum absolute atomic E-state index is 0.0880. The molecule has 1 aliphatic heterocycles. The fourth-order valence-corrected chi connectivity index (χ4v) is 11.0. The Morgan fingerprint density at radius 3 is 2.06 bits per heavy atom. The fraction of sp³-hybridized carbons (Fsp3) is 0.655. The van der Waals surface area contributed by atoms with Gasteiger partial charge in [-0.15, -0.1) is 0 Å². The van der Waals surface area contributed by atoms with Crippen LogP contribution in [0, 0.1) is 23.7 Å². The summed E-state index contributed by atoms with van der Waals surface area (Å²) in [4.78, 5) is 0. The summed E-state index contributed by atoms with van der Waals surface area (Å²) in [5.41, 5.74) is 0.689. The van der Waals surface area contributed by atoms with E-state index in [0.29, 0.717) is 35.6 Å². The highest BCUT2D eigenvalue weighted by atomic mass is 28.4. The van der Waals surface area contributed by atoms with E-state index in [1.807, 2.05) is 25.2 Å². The predicted molar refractivity (Wildman–Crippen MR) is 151 cm³/mol. The Morgan fingerprint density at radius 1 is 0.971 bits per heavy atom. The van der Waals surface area contributed by atoms with Gasteiger partial charge in [0.1, 0.15) is 12.2 Å². The molecule has 0 aromatic rings. The van der Waals surface area contributed by atoms with Crippen LogP contribution in [0.2, 0.25) is 34.8 Å². The average Bonchev–Trinajstić information content (AvgIpc) is 2.68. The highest BCUT2D eigenvalue weighted by molar-refractivity contribution is 6.77. The highest BCUT2D eigenvalue weighted by Crippen LogP contribution is 2.44. The van der Waals surface area contributed by atoms with E-state index in [0.717, 1.165) is 0 Å². The van der Waals surface area contributed by atoms with Gasteiger partial charge >= 0.3 is 0 Å². The second-order valence-corrected chi connectivity index (χ2v) is 21.9. The summed E-state index contributed by atoms with van der Waals surface area (Å²) in [5.74, 6) is 13.2. The molecule has 34 heavy (non-hydrogen) atoms. The lowest BCUT2D eigenvalue weighted by molar-refractivity contribution is 0.112. The van der Waals surface area contributed by atoms with Crippen molar-refractivity contribution in [1.82, 2.24) is 0 Å². The van der Waals surface area contributed by atoms with Gasteiger partial charge in [-0.05, 0) is 66.0 Å². The molecule has 1 heterocycles. The fourth-order valence-electron chi connectivity index (χ4n) is 4.37. The highest BCUT2D eigenvalue weighted by Gasteiger charge is 2.48. The third kappa shape index (κ3) is 8.22. The first-order valence-corrected chi connectivity index (χ1v) is 17.7. The molecule has 0 spiro atoms. The molecule has 190 valence electrons. The zero-order chi connectivity index (χ0) is 26.2. The lowest BCUT2D eigenvalue weighted by Crippen LogP contribution is -2.47. The van der Waals surface area contributed by atoms with Crippen molar-refractivity contribution in [3.63, 3.8) is 0 Å². The molecule has 0 fully saturated rings. The molecule has 1 aliphatic rings. The summed E-state index contributed by atoms with van der Waals surface area (Å²) in [5, 5.41) is 0.0880. The van der Waals surface area contributed by atoms with Gasteiger partial charge in [0.15, 0.2) is 8.32 Å². The summed E-state index contributed by atoms with van der Waals surface area (Å²) in [6, 6.07) is 0. The van der Waals surface area contributed by atoms with Gasteiger partial charge < -0.3 is 13.6 Å². The number of rotatable bonds is 7. The summed E-state index contributed by atoms with van der Waals surface area (Å²) in [7, 11) is -4.16.